The van der Waals surface area contributed by atoms with Gasteiger partial charge in [-0.3, -0.25) is 9.48 Å². The Morgan fingerprint density at radius 3 is 2.65 bits per heavy atom. The van der Waals surface area contributed by atoms with Gasteiger partial charge in [-0.15, -0.1) is 0 Å². The predicted octanol–water partition coefficient (Wildman–Crippen LogP) is 2.45. The van der Waals surface area contributed by atoms with Crippen molar-refractivity contribution in [1.29, 1.82) is 0 Å². The molecule has 20 heavy (non-hydrogen) atoms. The summed E-state index contributed by atoms with van der Waals surface area (Å²) >= 11 is 0. The van der Waals surface area contributed by atoms with E-state index in [-0.39, 0.29) is 11.9 Å². The average molecular weight is 269 g/mol. The topological polar surface area (TPSA) is 46.9 Å². The van der Waals surface area contributed by atoms with Crippen molar-refractivity contribution in [2.45, 2.75) is 26.3 Å². The summed E-state index contributed by atoms with van der Waals surface area (Å²) in [5.74, 6) is 0.486. The second-order valence-electron chi connectivity index (χ2n) is 5.75. The van der Waals surface area contributed by atoms with Crippen LogP contribution < -0.4 is 5.32 Å². The lowest BCUT2D eigenvalue weighted by atomic mass is 9.96. The summed E-state index contributed by atoms with van der Waals surface area (Å²) in [6.07, 6.45) is 0.890. The molecule has 1 aromatic carbocycles. The fraction of sp³-hybridized carbons (Fsp3) is 0.375. The molecule has 0 saturated carbocycles. The van der Waals surface area contributed by atoms with Gasteiger partial charge in [-0.1, -0.05) is 44.2 Å². The average Bonchev–Trinajstić information content (AvgIpc) is 2.91. The van der Waals surface area contributed by atoms with Crippen molar-refractivity contribution >= 4 is 5.91 Å². The maximum Gasteiger partial charge on any atom is 0.270 e. The number of amides is 1. The van der Waals surface area contributed by atoms with Gasteiger partial charge in [0.2, 0.25) is 0 Å². The molecule has 1 aliphatic heterocycles. The number of fused-ring (bicyclic) bond motifs is 1. The van der Waals surface area contributed by atoms with Gasteiger partial charge in [-0.25, -0.2) is 0 Å². The maximum atomic E-state index is 12.2. The summed E-state index contributed by atoms with van der Waals surface area (Å²) in [4.78, 5) is 12.2. The molecule has 2 heterocycles. The predicted molar refractivity (Wildman–Crippen MR) is 77.5 cm³/mol. The molecule has 3 rings (SSSR count). The molecule has 2 aromatic rings. The highest BCUT2D eigenvalue weighted by atomic mass is 16.2. The van der Waals surface area contributed by atoms with Crippen molar-refractivity contribution in [2.75, 3.05) is 0 Å². The number of hydrogen-bond acceptors (Lipinski definition) is 2. The summed E-state index contributed by atoms with van der Waals surface area (Å²) in [6.45, 7) is 4.34. The highest BCUT2D eigenvalue weighted by Gasteiger charge is 2.36. The van der Waals surface area contributed by atoms with E-state index in [1.807, 2.05) is 37.4 Å². The molecule has 0 fully saturated rings. The lowest BCUT2D eigenvalue weighted by Crippen LogP contribution is -2.22. The Balaban J connectivity index is 2.10. The number of carbonyl (C=O) groups excluding carboxylic acids is 1. The van der Waals surface area contributed by atoms with E-state index in [0.717, 1.165) is 23.2 Å². The number of benzene rings is 1. The Hall–Kier alpha value is -2.10. The van der Waals surface area contributed by atoms with Gasteiger partial charge in [0.05, 0.1) is 11.7 Å². The molecule has 1 aliphatic rings. The molecule has 1 unspecified atom stereocenters. The van der Waals surface area contributed by atoms with Crippen molar-refractivity contribution in [3.8, 4) is 0 Å². The zero-order valence-corrected chi connectivity index (χ0v) is 12.1. The van der Waals surface area contributed by atoms with E-state index >= 15 is 0 Å². The Morgan fingerprint density at radius 2 is 2.00 bits per heavy atom. The first-order valence-corrected chi connectivity index (χ1v) is 6.99. The summed E-state index contributed by atoms with van der Waals surface area (Å²) in [6, 6.07) is 10.0. The quantitative estimate of drug-likeness (QED) is 0.930. The van der Waals surface area contributed by atoms with Gasteiger partial charge in [0.15, 0.2) is 0 Å². The minimum atomic E-state index is -0.0684. The first-order chi connectivity index (χ1) is 9.58. The van der Waals surface area contributed by atoms with Gasteiger partial charge in [0.1, 0.15) is 5.69 Å². The minimum Gasteiger partial charge on any atom is -0.340 e. The van der Waals surface area contributed by atoms with Crippen LogP contribution in [0.1, 0.15) is 47.2 Å². The zero-order chi connectivity index (χ0) is 14.3. The molecule has 1 atom stereocenters. The molecule has 0 spiro atoms. The van der Waals surface area contributed by atoms with Crippen molar-refractivity contribution in [2.24, 2.45) is 13.0 Å². The van der Waals surface area contributed by atoms with E-state index in [4.69, 9.17) is 0 Å². The van der Waals surface area contributed by atoms with E-state index < -0.39 is 0 Å². The summed E-state index contributed by atoms with van der Waals surface area (Å²) in [5, 5.41) is 7.62. The van der Waals surface area contributed by atoms with Crippen molar-refractivity contribution in [3.05, 3.63) is 52.8 Å². The monoisotopic (exact) mass is 269 g/mol. The number of aromatic nitrogens is 2. The fourth-order valence-corrected chi connectivity index (χ4v) is 2.87. The highest BCUT2D eigenvalue weighted by molar-refractivity contribution is 5.98. The van der Waals surface area contributed by atoms with Crippen molar-refractivity contribution in [3.63, 3.8) is 0 Å². The largest absolute Gasteiger partial charge is 0.340 e. The van der Waals surface area contributed by atoms with Gasteiger partial charge in [0.25, 0.3) is 5.91 Å². The molecule has 4 heteroatoms. The Labute approximate surface area is 118 Å². The molecule has 1 amide bonds. The van der Waals surface area contributed by atoms with Gasteiger partial charge in [-0.2, -0.15) is 5.10 Å². The summed E-state index contributed by atoms with van der Waals surface area (Å²) in [5.41, 5.74) is 3.90. The second-order valence-corrected chi connectivity index (χ2v) is 5.75. The van der Waals surface area contributed by atoms with Crippen LogP contribution in [-0.4, -0.2) is 15.7 Å². The van der Waals surface area contributed by atoms with E-state index in [9.17, 15) is 4.79 Å². The number of nitrogens with zero attached hydrogens (tertiary/aromatic N) is 2. The lowest BCUT2D eigenvalue weighted by Gasteiger charge is -2.13. The number of nitrogens with one attached hydrogen (secondary N) is 1. The van der Waals surface area contributed by atoms with E-state index in [2.05, 4.69) is 24.3 Å². The van der Waals surface area contributed by atoms with Crippen LogP contribution >= 0.6 is 0 Å². The van der Waals surface area contributed by atoms with Crippen molar-refractivity contribution < 1.29 is 4.79 Å². The van der Waals surface area contributed by atoms with Crippen LogP contribution in [-0.2, 0) is 13.5 Å². The molecular formula is C16H19N3O. The van der Waals surface area contributed by atoms with Crippen LogP contribution in [0.15, 0.2) is 30.3 Å². The van der Waals surface area contributed by atoms with Crippen molar-refractivity contribution in [1.82, 2.24) is 15.1 Å². The maximum absolute atomic E-state index is 12.2. The van der Waals surface area contributed by atoms with Crippen LogP contribution in [0.5, 0.6) is 0 Å². The first kappa shape index (κ1) is 12.9. The Bertz CT molecular complexity index is 643. The van der Waals surface area contributed by atoms with E-state index in [0.29, 0.717) is 11.6 Å². The van der Waals surface area contributed by atoms with Crippen LogP contribution in [0, 0.1) is 5.92 Å². The van der Waals surface area contributed by atoms with Crippen LogP contribution in [0.2, 0.25) is 0 Å². The fourth-order valence-electron chi connectivity index (χ4n) is 2.87. The van der Waals surface area contributed by atoms with Gasteiger partial charge in [-0.05, 0) is 17.9 Å². The van der Waals surface area contributed by atoms with Crippen LogP contribution in [0.3, 0.4) is 0 Å². The third-order valence-corrected chi connectivity index (χ3v) is 3.67. The smallest absolute Gasteiger partial charge is 0.270 e. The molecular weight excluding hydrogens is 250 g/mol. The van der Waals surface area contributed by atoms with Gasteiger partial charge in [0, 0.05) is 12.6 Å². The highest BCUT2D eigenvalue weighted by Crippen LogP contribution is 2.34. The number of aryl methyl sites for hydroxylation is 1. The molecule has 0 saturated heterocycles. The molecule has 1 N–H and O–H groups in total. The molecule has 104 valence electrons. The van der Waals surface area contributed by atoms with E-state index in [1.54, 1.807) is 4.68 Å². The molecule has 0 aliphatic carbocycles. The number of carbonyl (C=O) groups is 1. The Kier molecular flexibility index (Phi) is 3.08. The SMILES string of the molecule is CC(C)Cc1nn(C)c2c1C(c1ccccc1)NC2=O. The number of rotatable bonds is 3. The normalized spacial score (nSPS) is 17.4. The minimum absolute atomic E-state index is 0.0288. The summed E-state index contributed by atoms with van der Waals surface area (Å²) in [7, 11) is 1.84. The van der Waals surface area contributed by atoms with Gasteiger partial charge < -0.3 is 5.32 Å². The van der Waals surface area contributed by atoms with E-state index in [1.165, 1.54) is 0 Å². The number of hydrogen-bond donors (Lipinski definition) is 1. The lowest BCUT2D eigenvalue weighted by molar-refractivity contribution is 0.0951. The molecule has 0 radical (unpaired) electrons. The first-order valence-electron chi connectivity index (χ1n) is 6.99. The Morgan fingerprint density at radius 1 is 1.30 bits per heavy atom. The van der Waals surface area contributed by atoms with Gasteiger partial charge >= 0.3 is 0 Å². The molecule has 0 bridgehead atoms. The third-order valence-electron chi connectivity index (χ3n) is 3.67. The van der Waals surface area contributed by atoms with Crippen LogP contribution in [0.25, 0.3) is 0 Å². The standard InChI is InChI=1S/C16H19N3O/c1-10(2)9-12-13-14(11-7-5-4-6-8-11)17-16(20)15(13)19(3)18-12/h4-8,10,14H,9H2,1-3H3,(H,17,20). The molecule has 4 nitrogen and oxygen atoms in total. The summed E-state index contributed by atoms with van der Waals surface area (Å²) < 4.78 is 1.71. The zero-order valence-electron chi connectivity index (χ0n) is 12.1. The second kappa shape index (κ2) is 4.78. The third kappa shape index (κ3) is 2.01. The molecule has 1 aromatic heterocycles. The van der Waals surface area contributed by atoms with Crippen LogP contribution in [0.4, 0.5) is 0 Å².